The Balaban J connectivity index is 1.63. The van der Waals surface area contributed by atoms with E-state index in [1.807, 2.05) is 80.6 Å². The van der Waals surface area contributed by atoms with Crippen molar-refractivity contribution < 1.29 is 9.21 Å². The fraction of sp³-hybridized carbons (Fsp3) is 0.286. The molecule has 1 aromatic heterocycles. The van der Waals surface area contributed by atoms with Gasteiger partial charge in [-0.15, -0.1) is 22.0 Å². The number of aryl methyl sites for hydroxylation is 1. The largest absolute Gasteiger partial charge is 0.419 e. The molecule has 1 N–H and O–H groups in total. The Labute approximate surface area is 169 Å². The van der Waals surface area contributed by atoms with Crippen LogP contribution in [0.4, 0.5) is 5.69 Å². The van der Waals surface area contributed by atoms with E-state index in [0.717, 1.165) is 16.1 Å². The van der Waals surface area contributed by atoms with Crippen LogP contribution in [-0.2, 0) is 4.79 Å². The fourth-order valence-corrected chi connectivity index (χ4v) is 3.26. The Morgan fingerprint density at radius 2 is 1.89 bits per heavy atom. The Morgan fingerprint density at radius 3 is 2.61 bits per heavy atom. The average Bonchev–Trinajstić information content (AvgIpc) is 3.18. The van der Waals surface area contributed by atoms with Gasteiger partial charge in [0, 0.05) is 10.5 Å². The zero-order chi connectivity index (χ0) is 20.1. The number of nitrogens with zero attached hydrogens (tertiary/aromatic N) is 3. The van der Waals surface area contributed by atoms with Gasteiger partial charge in [-0.05, 0) is 51.4 Å². The summed E-state index contributed by atoms with van der Waals surface area (Å²) in [6.45, 7) is 4.18. The quantitative estimate of drug-likeness (QED) is 0.597. The molecule has 146 valence electrons. The average molecular weight is 397 g/mol. The van der Waals surface area contributed by atoms with Crippen molar-refractivity contribution in [2.45, 2.75) is 24.8 Å². The van der Waals surface area contributed by atoms with E-state index < -0.39 is 0 Å². The van der Waals surface area contributed by atoms with Crippen LogP contribution in [0.15, 0.2) is 57.8 Å². The zero-order valence-corrected chi connectivity index (χ0v) is 17.3. The Morgan fingerprint density at radius 1 is 1.18 bits per heavy atom. The molecule has 2 aromatic carbocycles. The molecule has 0 saturated carbocycles. The van der Waals surface area contributed by atoms with Gasteiger partial charge >= 0.3 is 0 Å². The van der Waals surface area contributed by atoms with Crippen LogP contribution >= 0.6 is 11.8 Å². The summed E-state index contributed by atoms with van der Waals surface area (Å²) in [5.74, 6) is 0.873. The first kappa shape index (κ1) is 20.1. The number of anilines is 1. The van der Waals surface area contributed by atoms with E-state index in [1.165, 1.54) is 5.56 Å². The highest BCUT2D eigenvalue weighted by atomic mass is 32.2. The number of hydrogen-bond donors (Lipinski definition) is 1. The Kier molecular flexibility index (Phi) is 6.49. The minimum atomic E-state index is -0.187. The SMILES string of the molecule is CSc1ccccc1NC(=O)CN(C)[C@@H](C)c1nnc(-c2ccc(C)cc2)o1. The van der Waals surface area contributed by atoms with Crippen molar-refractivity contribution in [1.82, 2.24) is 15.1 Å². The molecule has 0 fully saturated rings. The summed E-state index contributed by atoms with van der Waals surface area (Å²) in [5, 5.41) is 11.3. The standard InChI is InChI=1S/C21H24N4O2S/c1-14-9-11-16(12-10-14)21-24-23-20(27-21)15(2)25(3)13-19(26)22-17-7-5-6-8-18(17)28-4/h5-12,15H,13H2,1-4H3,(H,22,26)/t15-/m0/s1. The van der Waals surface area contributed by atoms with Gasteiger partial charge in [-0.2, -0.15) is 0 Å². The lowest BCUT2D eigenvalue weighted by Crippen LogP contribution is -2.32. The molecule has 0 aliphatic heterocycles. The molecular weight excluding hydrogens is 372 g/mol. The number of amides is 1. The number of rotatable bonds is 7. The van der Waals surface area contributed by atoms with Crippen molar-refractivity contribution in [3.05, 3.63) is 60.0 Å². The summed E-state index contributed by atoms with van der Waals surface area (Å²) in [6, 6.07) is 15.5. The summed E-state index contributed by atoms with van der Waals surface area (Å²) in [7, 11) is 1.86. The minimum Gasteiger partial charge on any atom is -0.419 e. The number of nitrogens with one attached hydrogen (secondary N) is 1. The maximum atomic E-state index is 12.5. The fourth-order valence-electron chi connectivity index (χ4n) is 2.71. The number of carbonyl (C=O) groups is 1. The number of benzene rings is 2. The van der Waals surface area contributed by atoms with Crippen molar-refractivity contribution in [3.63, 3.8) is 0 Å². The van der Waals surface area contributed by atoms with Crippen LogP contribution in [0.3, 0.4) is 0 Å². The topological polar surface area (TPSA) is 71.3 Å². The molecule has 7 heteroatoms. The number of likely N-dealkylation sites (N-methyl/N-ethyl adjacent to an activating group) is 1. The normalized spacial score (nSPS) is 12.2. The molecule has 6 nitrogen and oxygen atoms in total. The first-order valence-corrected chi connectivity index (χ1v) is 10.2. The lowest BCUT2D eigenvalue weighted by Gasteiger charge is -2.21. The van der Waals surface area contributed by atoms with Crippen LogP contribution in [0.2, 0.25) is 0 Å². The second kappa shape index (κ2) is 9.03. The molecule has 1 amide bonds. The van der Waals surface area contributed by atoms with Gasteiger partial charge in [-0.3, -0.25) is 9.69 Å². The Hall–Kier alpha value is -2.64. The summed E-state index contributed by atoms with van der Waals surface area (Å²) < 4.78 is 5.83. The van der Waals surface area contributed by atoms with Gasteiger partial charge in [0.15, 0.2) is 0 Å². The lowest BCUT2D eigenvalue weighted by molar-refractivity contribution is -0.117. The molecule has 3 aromatic rings. The van der Waals surface area contributed by atoms with Crippen molar-refractivity contribution >= 4 is 23.4 Å². The third-order valence-electron chi connectivity index (χ3n) is 4.53. The van der Waals surface area contributed by atoms with Gasteiger partial charge in [-0.1, -0.05) is 29.8 Å². The molecule has 1 heterocycles. The van der Waals surface area contributed by atoms with E-state index in [0.29, 0.717) is 11.8 Å². The molecule has 0 radical (unpaired) electrons. The number of thioether (sulfide) groups is 1. The summed E-state index contributed by atoms with van der Waals surface area (Å²) in [5.41, 5.74) is 2.87. The molecule has 3 rings (SSSR count). The van der Waals surface area contributed by atoms with Crippen LogP contribution in [0.1, 0.15) is 24.4 Å². The van der Waals surface area contributed by atoms with Crippen molar-refractivity contribution in [2.75, 3.05) is 25.2 Å². The minimum absolute atomic E-state index is 0.0888. The molecule has 28 heavy (non-hydrogen) atoms. The maximum Gasteiger partial charge on any atom is 0.247 e. The molecule has 0 aliphatic carbocycles. The number of para-hydroxylation sites is 1. The van der Waals surface area contributed by atoms with Crippen molar-refractivity contribution in [1.29, 1.82) is 0 Å². The predicted molar refractivity (Wildman–Crippen MR) is 112 cm³/mol. The van der Waals surface area contributed by atoms with Crippen molar-refractivity contribution in [2.24, 2.45) is 0 Å². The third kappa shape index (κ3) is 4.79. The first-order valence-electron chi connectivity index (χ1n) is 9.01. The third-order valence-corrected chi connectivity index (χ3v) is 5.33. The molecule has 0 saturated heterocycles. The van der Waals surface area contributed by atoms with Crippen LogP contribution < -0.4 is 5.32 Å². The summed E-state index contributed by atoms with van der Waals surface area (Å²) >= 11 is 1.60. The molecule has 1 atom stereocenters. The van der Waals surface area contributed by atoms with Gasteiger partial charge in [0.1, 0.15) is 0 Å². The van der Waals surface area contributed by atoms with Crippen LogP contribution in [-0.4, -0.2) is 40.9 Å². The zero-order valence-electron chi connectivity index (χ0n) is 16.5. The van der Waals surface area contributed by atoms with Crippen LogP contribution in [0.5, 0.6) is 0 Å². The highest BCUT2D eigenvalue weighted by Crippen LogP contribution is 2.25. The highest BCUT2D eigenvalue weighted by Gasteiger charge is 2.21. The van der Waals surface area contributed by atoms with Crippen LogP contribution in [0.25, 0.3) is 11.5 Å². The van der Waals surface area contributed by atoms with E-state index in [1.54, 1.807) is 11.8 Å². The second-order valence-electron chi connectivity index (χ2n) is 6.65. The lowest BCUT2D eigenvalue weighted by atomic mass is 10.1. The monoisotopic (exact) mass is 396 g/mol. The van der Waals surface area contributed by atoms with Gasteiger partial charge < -0.3 is 9.73 Å². The van der Waals surface area contributed by atoms with E-state index >= 15 is 0 Å². The van der Waals surface area contributed by atoms with Crippen molar-refractivity contribution in [3.8, 4) is 11.5 Å². The van der Waals surface area contributed by atoms with Gasteiger partial charge in [0.2, 0.25) is 17.7 Å². The number of aromatic nitrogens is 2. The molecular formula is C21H24N4O2S. The molecule has 0 spiro atoms. The van der Waals surface area contributed by atoms with Gasteiger partial charge in [0.05, 0.1) is 18.3 Å². The highest BCUT2D eigenvalue weighted by molar-refractivity contribution is 7.98. The summed E-state index contributed by atoms with van der Waals surface area (Å²) in [4.78, 5) is 15.4. The number of hydrogen-bond acceptors (Lipinski definition) is 6. The van der Waals surface area contributed by atoms with Gasteiger partial charge in [0.25, 0.3) is 0 Å². The predicted octanol–water partition coefficient (Wildman–Crippen LogP) is 4.40. The second-order valence-corrected chi connectivity index (χ2v) is 7.50. The van der Waals surface area contributed by atoms with E-state index in [2.05, 4.69) is 15.5 Å². The number of carbonyl (C=O) groups excluding carboxylic acids is 1. The molecule has 0 aliphatic rings. The van der Waals surface area contributed by atoms with E-state index in [9.17, 15) is 4.79 Å². The Bertz CT molecular complexity index is 940. The van der Waals surface area contributed by atoms with E-state index in [4.69, 9.17) is 4.42 Å². The first-order chi connectivity index (χ1) is 13.5. The van der Waals surface area contributed by atoms with Crippen LogP contribution in [0, 0.1) is 6.92 Å². The maximum absolute atomic E-state index is 12.5. The van der Waals surface area contributed by atoms with E-state index in [-0.39, 0.29) is 18.5 Å². The smallest absolute Gasteiger partial charge is 0.247 e. The molecule has 0 bridgehead atoms. The molecule has 0 unspecified atom stereocenters. The van der Waals surface area contributed by atoms with Gasteiger partial charge in [-0.25, -0.2) is 0 Å². The summed E-state index contributed by atoms with van der Waals surface area (Å²) in [6.07, 6.45) is 1.99.